The molecule has 0 bridgehead atoms. The van der Waals surface area contributed by atoms with Gasteiger partial charge < -0.3 is 16.0 Å². The third-order valence-electron chi connectivity index (χ3n) is 3.83. The largest absolute Gasteiger partial charge is 0.342 e. The maximum atomic E-state index is 5.55. The lowest BCUT2D eigenvalue weighted by Gasteiger charge is -2.27. The average Bonchev–Trinajstić information content (AvgIpc) is 2.88. The fourth-order valence-corrected chi connectivity index (χ4v) is 2.72. The number of fused-ring (bicyclic) bond motifs is 1. The molecule has 0 atom stereocenters. The molecule has 2 heterocycles. The van der Waals surface area contributed by atoms with Gasteiger partial charge in [0, 0.05) is 39.1 Å². The van der Waals surface area contributed by atoms with E-state index in [9.17, 15) is 0 Å². The molecule has 0 spiro atoms. The number of piperazine rings is 1. The van der Waals surface area contributed by atoms with Crippen molar-refractivity contribution in [2.24, 2.45) is 5.73 Å². The Balaban J connectivity index is 1.72. The van der Waals surface area contributed by atoms with Crippen molar-refractivity contribution in [2.45, 2.75) is 19.4 Å². The lowest BCUT2D eigenvalue weighted by molar-refractivity contribution is 0.233. The number of imidazole rings is 1. The zero-order valence-corrected chi connectivity index (χ0v) is 11.9. The van der Waals surface area contributed by atoms with Crippen molar-refractivity contribution in [3.05, 3.63) is 29.6 Å². The Kier molecular flexibility index (Phi) is 4.30. The Labute approximate surface area is 119 Å². The Bertz CT molecular complexity index is 556. The molecule has 3 rings (SSSR count). The first-order valence-corrected chi connectivity index (χ1v) is 7.46. The summed E-state index contributed by atoms with van der Waals surface area (Å²) in [5.74, 6) is 1.05. The van der Waals surface area contributed by atoms with Gasteiger partial charge in [-0.05, 0) is 30.7 Å². The molecule has 0 aliphatic carbocycles. The predicted molar refractivity (Wildman–Crippen MR) is 81.6 cm³/mol. The van der Waals surface area contributed by atoms with Gasteiger partial charge in [-0.2, -0.15) is 0 Å². The summed E-state index contributed by atoms with van der Waals surface area (Å²) in [5, 5.41) is 3.38. The molecule has 108 valence electrons. The highest BCUT2D eigenvalue weighted by atomic mass is 15.2. The summed E-state index contributed by atoms with van der Waals surface area (Å²) >= 11 is 0. The van der Waals surface area contributed by atoms with Crippen molar-refractivity contribution in [3.63, 3.8) is 0 Å². The van der Waals surface area contributed by atoms with Crippen LogP contribution in [0, 0.1) is 0 Å². The van der Waals surface area contributed by atoms with Crippen LogP contribution in [0.5, 0.6) is 0 Å². The van der Waals surface area contributed by atoms with Gasteiger partial charge in [0.1, 0.15) is 5.82 Å². The number of aryl methyl sites for hydroxylation is 1. The van der Waals surface area contributed by atoms with Crippen LogP contribution in [0.15, 0.2) is 18.2 Å². The summed E-state index contributed by atoms with van der Waals surface area (Å²) in [6.45, 7) is 6.18. The second-order valence-electron chi connectivity index (χ2n) is 5.45. The van der Waals surface area contributed by atoms with E-state index >= 15 is 0 Å². The van der Waals surface area contributed by atoms with Crippen LogP contribution < -0.4 is 11.1 Å². The lowest BCUT2D eigenvalue weighted by Crippen LogP contribution is -2.42. The van der Waals surface area contributed by atoms with Gasteiger partial charge in [0.25, 0.3) is 0 Å². The molecule has 5 heteroatoms. The van der Waals surface area contributed by atoms with E-state index in [-0.39, 0.29) is 0 Å². The first kappa shape index (κ1) is 13.5. The number of nitrogens with two attached hydrogens (primary N) is 1. The van der Waals surface area contributed by atoms with Gasteiger partial charge in [-0.25, -0.2) is 4.98 Å². The zero-order valence-electron chi connectivity index (χ0n) is 11.9. The quantitative estimate of drug-likeness (QED) is 0.756. The minimum atomic E-state index is 0.714. The van der Waals surface area contributed by atoms with Crippen molar-refractivity contribution in [1.82, 2.24) is 20.2 Å². The summed E-state index contributed by atoms with van der Waals surface area (Å²) in [7, 11) is 0. The number of hydrogen-bond acceptors (Lipinski definition) is 4. The van der Waals surface area contributed by atoms with Crippen LogP contribution in [0.3, 0.4) is 0 Å². The fraction of sp³-hybridized carbons (Fsp3) is 0.533. The highest BCUT2D eigenvalue weighted by Crippen LogP contribution is 2.16. The smallest absolute Gasteiger partial charge is 0.107 e. The maximum absolute atomic E-state index is 5.55. The Hall–Kier alpha value is -1.43. The van der Waals surface area contributed by atoms with Crippen LogP contribution in [0.25, 0.3) is 11.0 Å². The van der Waals surface area contributed by atoms with Gasteiger partial charge in [0.05, 0.1) is 11.0 Å². The summed E-state index contributed by atoms with van der Waals surface area (Å²) in [4.78, 5) is 10.5. The van der Waals surface area contributed by atoms with Crippen molar-refractivity contribution >= 4 is 11.0 Å². The average molecular weight is 273 g/mol. The van der Waals surface area contributed by atoms with Crippen LogP contribution in [0.2, 0.25) is 0 Å². The molecule has 1 fully saturated rings. The van der Waals surface area contributed by atoms with Gasteiger partial charge in [-0.3, -0.25) is 4.90 Å². The number of H-pyrrole nitrogens is 1. The zero-order chi connectivity index (χ0) is 13.8. The summed E-state index contributed by atoms with van der Waals surface area (Å²) < 4.78 is 0. The van der Waals surface area contributed by atoms with Gasteiger partial charge in [0.15, 0.2) is 0 Å². The van der Waals surface area contributed by atoms with Crippen molar-refractivity contribution < 1.29 is 0 Å². The van der Waals surface area contributed by atoms with E-state index in [4.69, 9.17) is 5.73 Å². The minimum Gasteiger partial charge on any atom is -0.342 e. The number of benzene rings is 1. The molecule has 20 heavy (non-hydrogen) atoms. The standard InChI is InChI=1S/C15H23N5/c16-5-1-2-15-18-13-4-3-12(10-14(13)19-15)11-20-8-6-17-7-9-20/h3-4,10,17H,1-2,5-9,11,16H2,(H,18,19). The van der Waals surface area contributed by atoms with Crippen LogP contribution in [-0.2, 0) is 13.0 Å². The summed E-state index contributed by atoms with van der Waals surface area (Å²) in [5.41, 5.74) is 9.10. The second kappa shape index (κ2) is 6.35. The molecule has 0 unspecified atom stereocenters. The summed E-state index contributed by atoms with van der Waals surface area (Å²) in [6.07, 6.45) is 1.91. The molecule has 4 N–H and O–H groups in total. The fourth-order valence-electron chi connectivity index (χ4n) is 2.72. The van der Waals surface area contributed by atoms with E-state index in [1.807, 2.05) is 0 Å². The Morgan fingerprint density at radius 2 is 2.10 bits per heavy atom. The molecule has 0 radical (unpaired) electrons. The highest BCUT2D eigenvalue weighted by Gasteiger charge is 2.10. The molecular formula is C15H23N5. The molecule has 1 aliphatic heterocycles. The number of rotatable bonds is 5. The minimum absolute atomic E-state index is 0.714. The monoisotopic (exact) mass is 273 g/mol. The predicted octanol–water partition coefficient (Wildman–Crippen LogP) is 0.859. The van der Waals surface area contributed by atoms with Crippen LogP contribution in [0.4, 0.5) is 0 Å². The van der Waals surface area contributed by atoms with E-state index in [1.54, 1.807) is 0 Å². The normalized spacial score (nSPS) is 16.9. The third-order valence-corrected chi connectivity index (χ3v) is 3.83. The van der Waals surface area contributed by atoms with Crippen LogP contribution in [-0.4, -0.2) is 47.6 Å². The maximum Gasteiger partial charge on any atom is 0.107 e. The van der Waals surface area contributed by atoms with Crippen molar-refractivity contribution in [3.8, 4) is 0 Å². The van der Waals surface area contributed by atoms with E-state index in [0.717, 1.165) is 62.4 Å². The SMILES string of the molecule is NCCCc1nc2ccc(CN3CCNCC3)cc2[nH]1. The molecule has 0 amide bonds. The Morgan fingerprint density at radius 3 is 2.90 bits per heavy atom. The molecule has 1 aromatic heterocycles. The van der Waals surface area contributed by atoms with Crippen LogP contribution >= 0.6 is 0 Å². The molecule has 0 saturated carbocycles. The molecule has 1 saturated heterocycles. The summed E-state index contributed by atoms with van der Waals surface area (Å²) in [6, 6.07) is 6.55. The van der Waals surface area contributed by atoms with Gasteiger partial charge in [0.2, 0.25) is 0 Å². The van der Waals surface area contributed by atoms with Gasteiger partial charge >= 0.3 is 0 Å². The number of nitrogens with one attached hydrogen (secondary N) is 2. The number of aromatic amines is 1. The van der Waals surface area contributed by atoms with Crippen molar-refractivity contribution in [1.29, 1.82) is 0 Å². The van der Waals surface area contributed by atoms with E-state index in [0.29, 0.717) is 6.54 Å². The highest BCUT2D eigenvalue weighted by molar-refractivity contribution is 5.75. The molecule has 2 aromatic rings. The van der Waals surface area contributed by atoms with Crippen molar-refractivity contribution in [2.75, 3.05) is 32.7 Å². The van der Waals surface area contributed by atoms with E-state index in [2.05, 4.69) is 38.4 Å². The first-order valence-electron chi connectivity index (χ1n) is 7.46. The molecule has 1 aromatic carbocycles. The van der Waals surface area contributed by atoms with Gasteiger partial charge in [-0.1, -0.05) is 6.07 Å². The van der Waals surface area contributed by atoms with Crippen LogP contribution in [0.1, 0.15) is 17.8 Å². The Morgan fingerprint density at radius 1 is 1.25 bits per heavy atom. The second-order valence-corrected chi connectivity index (χ2v) is 5.45. The molecule has 1 aliphatic rings. The van der Waals surface area contributed by atoms with Gasteiger partial charge in [-0.15, -0.1) is 0 Å². The molecule has 5 nitrogen and oxygen atoms in total. The van der Waals surface area contributed by atoms with E-state index < -0.39 is 0 Å². The van der Waals surface area contributed by atoms with E-state index in [1.165, 1.54) is 5.56 Å². The molecular weight excluding hydrogens is 250 g/mol. The third kappa shape index (κ3) is 3.17. The number of nitrogens with zero attached hydrogens (tertiary/aromatic N) is 2. The lowest BCUT2D eigenvalue weighted by atomic mass is 10.2. The number of aromatic nitrogens is 2. The first-order chi connectivity index (χ1) is 9.85. The topological polar surface area (TPSA) is 70.0 Å². The number of hydrogen-bond donors (Lipinski definition) is 3.